The van der Waals surface area contributed by atoms with Crippen molar-refractivity contribution in [2.45, 2.75) is 52.2 Å². The van der Waals surface area contributed by atoms with Gasteiger partial charge in [0, 0.05) is 60.7 Å². The maximum atomic E-state index is 13.0. The van der Waals surface area contributed by atoms with E-state index in [-0.39, 0.29) is 23.8 Å². The Hall–Kier alpha value is -2.38. The highest BCUT2D eigenvalue weighted by atomic mass is 16.5. The number of piperidine rings is 1. The van der Waals surface area contributed by atoms with Gasteiger partial charge in [0.2, 0.25) is 11.8 Å². The molecule has 7 nitrogen and oxygen atoms in total. The van der Waals surface area contributed by atoms with E-state index in [4.69, 9.17) is 4.74 Å². The zero-order valence-electron chi connectivity index (χ0n) is 19.4. The van der Waals surface area contributed by atoms with Crippen molar-refractivity contribution in [3.8, 4) is 0 Å². The highest BCUT2D eigenvalue weighted by Gasteiger charge is 2.28. The van der Waals surface area contributed by atoms with E-state index in [1.54, 1.807) is 0 Å². The van der Waals surface area contributed by atoms with Crippen LogP contribution in [-0.2, 0) is 27.3 Å². The topological polar surface area (TPSA) is 77.7 Å². The molecule has 0 radical (unpaired) electrons. The molecule has 1 aromatic carbocycles. The summed E-state index contributed by atoms with van der Waals surface area (Å²) in [6.07, 6.45) is 3.57. The molecule has 174 valence electrons. The first kappa shape index (κ1) is 22.8. The summed E-state index contributed by atoms with van der Waals surface area (Å²) in [5.41, 5.74) is 3.67. The third-order valence-electron chi connectivity index (χ3n) is 6.62. The van der Waals surface area contributed by atoms with Gasteiger partial charge >= 0.3 is 0 Å². The van der Waals surface area contributed by atoms with Crippen LogP contribution in [0.1, 0.15) is 44.4 Å². The van der Waals surface area contributed by atoms with Gasteiger partial charge < -0.3 is 19.9 Å². The molecule has 0 spiro atoms. The standard InChI is InChI=1S/C25H36N4O3/c1-18(2)32-15-5-11-26-25(31)19-8-12-28(13-9-19)17-24(30)29-14-10-23-21(16-29)20-6-3-4-7-22(20)27-23/h3-4,6-7,18-19,27H,5,8-17H2,1-2H3,(H,26,31). The second kappa shape index (κ2) is 10.5. The minimum Gasteiger partial charge on any atom is -0.379 e. The summed E-state index contributed by atoms with van der Waals surface area (Å²) >= 11 is 0. The van der Waals surface area contributed by atoms with Gasteiger partial charge in [0.1, 0.15) is 0 Å². The van der Waals surface area contributed by atoms with Crippen molar-refractivity contribution in [1.29, 1.82) is 0 Å². The van der Waals surface area contributed by atoms with E-state index >= 15 is 0 Å². The predicted octanol–water partition coefficient (Wildman–Crippen LogP) is 2.70. The Labute approximate surface area is 190 Å². The molecule has 2 N–H and O–H groups in total. The Kier molecular flexibility index (Phi) is 7.48. The molecule has 0 saturated carbocycles. The van der Waals surface area contributed by atoms with E-state index in [9.17, 15) is 9.59 Å². The average molecular weight is 441 g/mol. The van der Waals surface area contributed by atoms with Crippen LogP contribution in [-0.4, -0.2) is 72.0 Å². The molecule has 2 amide bonds. The fraction of sp³-hybridized carbons (Fsp3) is 0.600. The molecule has 0 bridgehead atoms. The summed E-state index contributed by atoms with van der Waals surface area (Å²) in [6.45, 7) is 8.85. The number of aromatic nitrogens is 1. The molecular weight excluding hydrogens is 404 g/mol. The van der Waals surface area contributed by atoms with E-state index in [0.29, 0.717) is 26.2 Å². The van der Waals surface area contributed by atoms with Gasteiger partial charge in [-0.05, 0) is 52.3 Å². The third kappa shape index (κ3) is 5.51. The van der Waals surface area contributed by atoms with Crippen molar-refractivity contribution in [3.05, 3.63) is 35.5 Å². The van der Waals surface area contributed by atoms with Gasteiger partial charge in [0.05, 0.1) is 12.6 Å². The molecule has 4 rings (SSSR count). The fourth-order valence-electron chi connectivity index (χ4n) is 4.77. The van der Waals surface area contributed by atoms with E-state index in [0.717, 1.165) is 50.8 Å². The van der Waals surface area contributed by atoms with Crippen molar-refractivity contribution in [3.63, 3.8) is 0 Å². The van der Waals surface area contributed by atoms with Crippen molar-refractivity contribution in [1.82, 2.24) is 20.1 Å². The lowest BCUT2D eigenvalue weighted by molar-refractivity contribution is -0.134. The lowest BCUT2D eigenvalue weighted by Gasteiger charge is -2.33. The van der Waals surface area contributed by atoms with Crippen molar-refractivity contribution >= 4 is 22.7 Å². The number of hydrogen-bond donors (Lipinski definition) is 2. The first-order valence-electron chi connectivity index (χ1n) is 12.0. The third-order valence-corrected chi connectivity index (χ3v) is 6.62. The number of H-pyrrole nitrogens is 1. The van der Waals surface area contributed by atoms with Gasteiger partial charge in [-0.15, -0.1) is 0 Å². The highest BCUT2D eigenvalue weighted by Crippen LogP contribution is 2.27. The van der Waals surface area contributed by atoms with Crippen LogP contribution in [0.15, 0.2) is 24.3 Å². The molecule has 0 atom stereocenters. The number of carbonyl (C=O) groups excluding carboxylic acids is 2. The van der Waals surface area contributed by atoms with Gasteiger partial charge in [-0.3, -0.25) is 14.5 Å². The second-order valence-corrected chi connectivity index (χ2v) is 9.31. The highest BCUT2D eigenvalue weighted by molar-refractivity contribution is 5.86. The van der Waals surface area contributed by atoms with Crippen LogP contribution < -0.4 is 5.32 Å². The first-order valence-corrected chi connectivity index (χ1v) is 12.0. The monoisotopic (exact) mass is 440 g/mol. The summed E-state index contributed by atoms with van der Waals surface area (Å²) in [4.78, 5) is 33.1. The number of benzene rings is 1. The van der Waals surface area contributed by atoms with E-state index < -0.39 is 0 Å². The smallest absolute Gasteiger partial charge is 0.237 e. The molecule has 32 heavy (non-hydrogen) atoms. The largest absolute Gasteiger partial charge is 0.379 e. The SMILES string of the molecule is CC(C)OCCCNC(=O)C1CCN(CC(=O)N2CCc3[nH]c4ccccc4c3C2)CC1. The quantitative estimate of drug-likeness (QED) is 0.619. The Bertz CT molecular complexity index is 930. The Morgan fingerprint density at radius 1 is 1.19 bits per heavy atom. The second-order valence-electron chi connectivity index (χ2n) is 9.31. The molecule has 1 saturated heterocycles. The van der Waals surface area contributed by atoms with Crippen molar-refractivity contribution < 1.29 is 14.3 Å². The zero-order chi connectivity index (χ0) is 22.5. The van der Waals surface area contributed by atoms with Crippen LogP contribution in [0, 0.1) is 5.92 Å². The lowest BCUT2D eigenvalue weighted by atomic mass is 9.96. The number of nitrogens with one attached hydrogen (secondary N) is 2. The predicted molar refractivity (Wildman–Crippen MR) is 125 cm³/mol. The molecule has 7 heteroatoms. The van der Waals surface area contributed by atoms with Crippen LogP contribution in [0.3, 0.4) is 0 Å². The molecule has 2 aliphatic heterocycles. The molecule has 0 unspecified atom stereocenters. The van der Waals surface area contributed by atoms with Gasteiger partial charge in [-0.2, -0.15) is 0 Å². The lowest BCUT2D eigenvalue weighted by Crippen LogP contribution is -2.46. The molecular formula is C25H36N4O3. The van der Waals surface area contributed by atoms with Gasteiger partial charge in [0.25, 0.3) is 0 Å². The minimum absolute atomic E-state index is 0.0520. The molecule has 1 aromatic heterocycles. The number of likely N-dealkylation sites (tertiary alicyclic amines) is 1. The number of hydrogen-bond acceptors (Lipinski definition) is 4. The molecule has 2 aliphatic rings. The number of aromatic amines is 1. The van der Waals surface area contributed by atoms with E-state index in [2.05, 4.69) is 33.4 Å². The fourth-order valence-corrected chi connectivity index (χ4v) is 4.77. The number of nitrogens with zero attached hydrogens (tertiary/aromatic N) is 2. The maximum absolute atomic E-state index is 13.0. The van der Waals surface area contributed by atoms with Gasteiger partial charge in [-0.1, -0.05) is 18.2 Å². The van der Waals surface area contributed by atoms with Crippen LogP contribution >= 0.6 is 0 Å². The van der Waals surface area contributed by atoms with E-state index in [1.807, 2.05) is 24.8 Å². The minimum atomic E-state index is 0.0520. The zero-order valence-corrected chi connectivity index (χ0v) is 19.4. The summed E-state index contributed by atoms with van der Waals surface area (Å²) in [5.74, 6) is 0.383. The normalized spacial score (nSPS) is 17.7. The average Bonchev–Trinajstić information content (AvgIpc) is 3.17. The summed E-state index contributed by atoms with van der Waals surface area (Å²) in [7, 11) is 0. The summed E-state index contributed by atoms with van der Waals surface area (Å²) < 4.78 is 5.51. The number of fused-ring (bicyclic) bond motifs is 3. The Morgan fingerprint density at radius 2 is 1.97 bits per heavy atom. The van der Waals surface area contributed by atoms with E-state index in [1.165, 1.54) is 16.6 Å². The maximum Gasteiger partial charge on any atom is 0.237 e. The molecule has 1 fully saturated rings. The van der Waals surface area contributed by atoms with Gasteiger partial charge in [-0.25, -0.2) is 0 Å². The van der Waals surface area contributed by atoms with Gasteiger partial charge in [0.15, 0.2) is 0 Å². The number of para-hydroxylation sites is 1. The van der Waals surface area contributed by atoms with Crippen molar-refractivity contribution in [2.24, 2.45) is 5.92 Å². The Balaban J connectivity index is 1.20. The van der Waals surface area contributed by atoms with Crippen LogP contribution in [0.25, 0.3) is 10.9 Å². The first-order chi connectivity index (χ1) is 15.5. The number of ether oxygens (including phenoxy) is 1. The number of amides is 2. The Morgan fingerprint density at radius 3 is 2.75 bits per heavy atom. The summed E-state index contributed by atoms with van der Waals surface area (Å²) in [5, 5.41) is 4.26. The molecule has 0 aliphatic carbocycles. The number of carbonyl (C=O) groups is 2. The summed E-state index contributed by atoms with van der Waals surface area (Å²) in [6, 6.07) is 8.32. The number of rotatable bonds is 8. The molecule has 2 aromatic rings. The molecule has 3 heterocycles. The van der Waals surface area contributed by atoms with Crippen LogP contribution in [0.4, 0.5) is 0 Å². The van der Waals surface area contributed by atoms with Crippen LogP contribution in [0.2, 0.25) is 0 Å². The van der Waals surface area contributed by atoms with Crippen LogP contribution in [0.5, 0.6) is 0 Å². The van der Waals surface area contributed by atoms with Crippen molar-refractivity contribution in [2.75, 3.05) is 39.3 Å².